The van der Waals surface area contributed by atoms with Crippen LogP contribution < -0.4 is 0 Å². The second-order valence-corrected chi connectivity index (χ2v) is 5.16. The topological polar surface area (TPSA) is 138 Å². The van der Waals surface area contributed by atoms with Crippen molar-refractivity contribution < 1.29 is 0 Å². The maximum atomic E-state index is 9.30. The third kappa shape index (κ3) is 2.32. The Hall–Kier alpha value is -3.94. The van der Waals surface area contributed by atoms with Crippen molar-refractivity contribution in [1.29, 1.82) is 5.26 Å². The molecular weight excluding hydrogens is 322 g/mol. The minimum Gasteiger partial charge on any atom is -0.293 e. The van der Waals surface area contributed by atoms with Gasteiger partial charge in [0.25, 0.3) is 0 Å². The Labute approximate surface area is 140 Å². The fourth-order valence-corrected chi connectivity index (χ4v) is 2.35. The van der Waals surface area contributed by atoms with E-state index in [9.17, 15) is 5.26 Å². The van der Waals surface area contributed by atoms with Crippen LogP contribution in [0, 0.1) is 25.2 Å². The van der Waals surface area contributed by atoms with Crippen molar-refractivity contribution in [3.05, 3.63) is 41.9 Å². The summed E-state index contributed by atoms with van der Waals surface area (Å²) >= 11 is 0. The normalized spacial score (nSPS) is 11.4. The lowest BCUT2D eigenvalue weighted by Crippen LogP contribution is -1.98. The van der Waals surface area contributed by atoms with E-state index >= 15 is 0 Å². The van der Waals surface area contributed by atoms with Crippen LogP contribution in [0.4, 0.5) is 11.5 Å². The van der Waals surface area contributed by atoms with Gasteiger partial charge in [0.15, 0.2) is 17.3 Å². The number of rotatable bonds is 3. The number of nitrogens with zero attached hydrogens (tertiary/aromatic N) is 10. The number of hydrogen-bond donors (Lipinski definition) is 1. The predicted octanol–water partition coefficient (Wildman–Crippen LogP) is 1.94. The van der Waals surface area contributed by atoms with Crippen molar-refractivity contribution in [3.8, 4) is 11.9 Å². The van der Waals surface area contributed by atoms with Crippen molar-refractivity contribution in [2.24, 2.45) is 10.2 Å². The second kappa shape index (κ2) is 5.60. The summed E-state index contributed by atoms with van der Waals surface area (Å²) in [6, 6.07) is 3.71. The lowest BCUT2D eigenvalue weighted by molar-refractivity contribution is 0.832. The molecule has 0 aliphatic carbocycles. The Morgan fingerprint density at radius 1 is 1.24 bits per heavy atom. The molecule has 1 N–H and O–H groups in total. The smallest absolute Gasteiger partial charge is 0.205 e. The first kappa shape index (κ1) is 14.6. The number of nitriles is 1. The van der Waals surface area contributed by atoms with Crippen LogP contribution in [0.2, 0.25) is 0 Å². The van der Waals surface area contributed by atoms with Gasteiger partial charge in [0.2, 0.25) is 5.65 Å². The SMILES string of the molecule is Cc1[nH]n2c(C)nnc2c1N=Nc1c(C#N)cnn1-c1ccncn1. The molecule has 11 nitrogen and oxygen atoms in total. The minimum absolute atomic E-state index is 0.274. The van der Waals surface area contributed by atoms with Crippen LogP contribution in [0.5, 0.6) is 0 Å². The van der Waals surface area contributed by atoms with E-state index in [1.54, 1.807) is 16.8 Å². The monoisotopic (exact) mass is 333 g/mol. The maximum absolute atomic E-state index is 9.30. The number of aromatic amines is 1. The Kier molecular flexibility index (Phi) is 3.28. The number of fused-ring (bicyclic) bond motifs is 1. The van der Waals surface area contributed by atoms with Crippen molar-refractivity contribution in [3.63, 3.8) is 0 Å². The number of aryl methyl sites for hydroxylation is 2. The predicted molar refractivity (Wildman–Crippen MR) is 84.9 cm³/mol. The van der Waals surface area contributed by atoms with E-state index in [0.717, 1.165) is 5.69 Å². The Morgan fingerprint density at radius 3 is 2.88 bits per heavy atom. The average Bonchev–Trinajstić information content (AvgIpc) is 3.29. The molecule has 4 aromatic heterocycles. The third-order valence-corrected chi connectivity index (χ3v) is 3.56. The highest BCUT2D eigenvalue weighted by atomic mass is 15.4. The van der Waals surface area contributed by atoms with Gasteiger partial charge in [-0.25, -0.2) is 14.5 Å². The molecule has 0 radical (unpaired) electrons. The summed E-state index contributed by atoms with van der Waals surface area (Å²) in [4.78, 5) is 7.99. The molecule has 0 aromatic carbocycles. The third-order valence-electron chi connectivity index (χ3n) is 3.56. The number of aromatic nitrogens is 8. The summed E-state index contributed by atoms with van der Waals surface area (Å²) in [6.07, 6.45) is 4.38. The van der Waals surface area contributed by atoms with Gasteiger partial charge < -0.3 is 0 Å². The Bertz CT molecular complexity index is 1120. The summed E-state index contributed by atoms with van der Waals surface area (Å²) in [5, 5.41) is 33.1. The van der Waals surface area contributed by atoms with Gasteiger partial charge in [-0.3, -0.25) is 5.10 Å². The standard InChI is InChI=1S/C14H11N11/c1-8-12(14-22-19-9(2)24(14)23-8)20-21-13-10(5-15)6-18-25(13)11-3-4-16-7-17-11/h3-4,6-7,23H,1-2H3. The molecular formula is C14H11N11. The number of azo groups is 1. The molecule has 11 heteroatoms. The summed E-state index contributed by atoms with van der Waals surface area (Å²) in [6.45, 7) is 3.68. The summed E-state index contributed by atoms with van der Waals surface area (Å²) in [5.74, 6) is 1.47. The first-order valence-electron chi connectivity index (χ1n) is 7.25. The molecule has 4 aromatic rings. The van der Waals surface area contributed by atoms with Gasteiger partial charge in [-0.2, -0.15) is 15.0 Å². The lowest BCUT2D eigenvalue weighted by atomic mass is 10.3. The van der Waals surface area contributed by atoms with Crippen LogP contribution in [0.3, 0.4) is 0 Å². The van der Waals surface area contributed by atoms with Crippen molar-refractivity contribution in [2.45, 2.75) is 13.8 Å². The minimum atomic E-state index is 0.274. The zero-order valence-corrected chi connectivity index (χ0v) is 13.3. The van der Waals surface area contributed by atoms with Gasteiger partial charge in [-0.05, 0) is 13.8 Å². The van der Waals surface area contributed by atoms with E-state index in [-0.39, 0.29) is 11.4 Å². The van der Waals surface area contributed by atoms with Gasteiger partial charge in [0.1, 0.15) is 23.8 Å². The van der Waals surface area contributed by atoms with Crippen molar-refractivity contribution in [1.82, 2.24) is 39.6 Å². The van der Waals surface area contributed by atoms with Gasteiger partial charge in [0, 0.05) is 12.3 Å². The first-order valence-corrected chi connectivity index (χ1v) is 7.25. The highest BCUT2D eigenvalue weighted by molar-refractivity contribution is 5.66. The van der Waals surface area contributed by atoms with E-state index in [2.05, 4.69) is 46.7 Å². The van der Waals surface area contributed by atoms with E-state index in [1.165, 1.54) is 17.2 Å². The summed E-state index contributed by atoms with van der Waals surface area (Å²) < 4.78 is 3.15. The lowest BCUT2D eigenvalue weighted by Gasteiger charge is -2.01. The van der Waals surface area contributed by atoms with E-state index < -0.39 is 0 Å². The average molecular weight is 333 g/mol. The maximum Gasteiger partial charge on any atom is 0.205 e. The molecule has 0 aliphatic heterocycles. The summed E-state index contributed by atoms with van der Waals surface area (Å²) in [7, 11) is 0. The first-order chi connectivity index (χ1) is 12.2. The molecule has 0 spiro atoms. The number of nitrogens with one attached hydrogen (secondary N) is 1. The van der Waals surface area contributed by atoms with Crippen LogP contribution in [0.1, 0.15) is 17.1 Å². The van der Waals surface area contributed by atoms with Crippen LogP contribution >= 0.6 is 0 Å². The summed E-state index contributed by atoms with van der Waals surface area (Å²) in [5.41, 5.74) is 2.16. The van der Waals surface area contributed by atoms with Crippen LogP contribution in [-0.4, -0.2) is 39.6 Å². The fraction of sp³-hybridized carbons (Fsp3) is 0.143. The van der Waals surface area contributed by atoms with Crippen LogP contribution in [0.15, 0.2) is 35.0 Å². The molecule has 0 amide bonds. The van der Waals surface area contributed by atoms with Gasteiger partial charge in [-0.15, -0.1) is 20.4 Å². The second-order valence-electron chi connectivity index (χ2n) is 5.16. The van der Waals surface area contributed by atoms with E-state index in [4.69, 9.17) is 0 Å². The largest absolute Gasteiger partial charge is 0.293 e. The molecule has 0 fully saturated rings. The van der Waals surface area contributed by atoms with E-state index in [0.29, 0.717) is 23.0 Å². The van der Waals surface area contributed by atoms with Crippen molar-refractivity contribution in [2.75, 3.05) is 0 Å². The van der Waals surface area contributed by atoms with Crippen molar-refractivity contribution >= 4 is 17.2 Å². The molecule has 0 saturated carbocycles. The zero-order chi connectivity index (χ0) is 17.4. The van der Waals surface area contributed by atoms with Gasteiger partial charge >= 0.3 is 0 Å². The molecule has 25 heavy (non-hydrogen) atoms. The number of hydrogen-bond acceptors (Lipinski definition) is 8. The van der Waals surface area contributed by atoms with Crippen LogP contribution in [-0.2, 0) is 0 Å². The molecule has 4 heterocycles. The zero-order valence-electron chi connectivity index (χ0n) is 13.3. The number of H-pyrrole nitrogens is 1. The molecule has 0 bridgehead atoms. The molecule has 0 atom stereocenters. The Balaban J connectivity index is 1.83. The molecule has 4 rings (SSSR count). The molecule has 0 saturated heterocycles. The highest BCUT2D eigenvalue weighted by Gasteiger charge is 2.15. The highest BCUT2D eigenvalue weighted by Crippen LogP contribution is 2.28. The van der Waals surface area contributed by atoms with Gasteiger partial charge in [0.05, 0.1) is 11.9 Å². The van der Waals surface area contributed by atoms with Gasteiger partial charge in [-0.1, -0.05) is 0 Å². The Morgan fingerprint density at radius 2 is 2.12 bits per heavy atom. The molecule has 0 unspecified atom stereocenters. The quantitative estimate of drug-likeness (QED) is 0.568. The molecule has 122 valence electrons. The molecule has 0 aliphatic rings. The van der Waals surface area contributed by atoms with Crippen LogP contribution in [0.25, 0.3) is 11.5 Å². The van der Waals surface area contributed by atoms with E-state index in [1.807, 2.05) is 13.8 Å². The fourth-order valence-electron chi connectivity index (χ4n) is 2.35.